The van der Waals surface area contributed by atoms with Gasteiger partial charge in [0.15, 0.2) is 0 Å². The van der Waals surface area contributed by atoms with E-state index in [2.05, 4.69) is 0 Å². The highest BCUT2D eigenvalue weighted by molar-refractivity contribution is 6.01. The molecule has 0 aliphatic rings. The Hall–Kier alpha value is -1.82. The molecule has 0 unspecified atom stereocenters. The molecule has 3 nitrogen and oxygen atoms in total. The van der Waals surface area contributed by atoms with Crippen LogP contribution in [0.4, 0.5) is 5.69 Å². The Morgan fingerprint density at radius 1 is 1.58 bits per heavy atom. The van der Waals surface area contributed by atoms with Gasteiger partial charge in [-0.25, -0.2) is 0 Å². The van der Waals surface area contributed by atoms with Crippen LogP contribution in [0.2, 0.25) is 0 Å². The topological polar surface area (TPSA) is 73.7 Å². The van der Waals surface area contributed by atoms with Crippen molar-refractivity contribution in [3.05, 3.63) is 29.3 Å². The van der Waals surface area contributed by atoms with Gasteiger partial charge in [-0.3, -0.25) is 0 Å². The van der Waals surface area contributed by atoms with Crippen LogP contribution in [-0.4, -0.2) is 5.71 Å². The first-order valence-corrected chi connectivity index (χ1v) is 3.50. The molecule has 1 aromatic carbocycles. The van der Waals surface area contributed by atoms with Gasteiger partial charge >= 0.3 is 0 Å². The third kappa shape index (κ3) is 1.43. The number of nitrogens with one attached hydrogen (secondary N) is 1. The van der Waals surface area contributed by atoms with Crippen molar-refractivity contribution in [1.82, 2.24) is 0 Å². The average Bonchev–Trinajstić information content (AvgIpc) is 2.03. The lowest BCUT2D eigenvalue weighted by molar-refractivity contribution is 1.44. The smallest absolute Gasteiger partial charge is 0.0992 e. The predicted octanol–water partition coefficient (Wildman–Crippen LogP) is 1.53. The number of nitriles is 1. The van der Waals surface area contributed by atoms with Crippen LogP contribution in [0.25, 0.3) is 0 Å². The van der Waals surface area contributed by atoms with Gasteiger partial charge in [-0.05, 0) is 25.1 Å². The normalized spacial score (nSPS) is 9.00. The second-order valence-corrected chi connectivity index (χ2v) is 2.54. The molecule has 3 N–H and O–H groups in total. The Balaban J connectivity index is 3.23. The van der Waals surface area contributed by atoms with E-state index < -0.39 is 0 Å². The Bertz CT molecular complexity index is 361. The van der Waals surface area contributed by atoms with Gasteiger partial charge in [0, 0.05) is 17.0 Å². The van der Waals surface area contributed by atoms with Crippen LogP contribution in [0.1, 0.15) is 18.1 Å². The van der Waals surface area contributed by atoms with Crippen LogP contribution in [0.3, 0.4) is 0 Å². The van der Waals surface area contributed by atoms with Crippen molar-refractivity contribution in [2.75, 3.05) is 5.73 Å². The standard InChI is InChI=1S/C9H9N3/c1-6(11)8-3-2-7(5-10)4-9(8)12/h2-4,11H,12H2,1H3. The summed E-state index contributed by atoms with van der Waals surface area (Å²) in [6.07, 6.45) is 0. The Morgan fingerprint density at radius 2 is 2.25 bits per heavy atom. The van der Waals surface area contributed by atoms with Gasteiger partial charge in [0.1, 0.15) is 0 Å². The lowest BCUT2D eigenvalue weighted by atomic mass is 10.1. The average molecular weight is 159 g/mol. The third-order valence-corrected chi connectivity index (χ3v) is 1.58. The summed E-state index contributed by atoms with van der Waals surface area (Å²) in [6.45, 7) is 1.66. The van der Waals surface area contributed by atoms with E-state index in [1.807, 2.05) is 6.07 Å². The van der Waals surface area contributed by atoms with Crippen LogP contribution in [0.5, 0.6) is 0 Å². The van der Waals surface area contributed by atoms with E-state index in [1.165, 1.54) is 0 Å². The van der Waals surface area contributed by atoms with Crippen LogP contribution in [0.15, 0.2) is 18.2 Å². The highest BCUT2D eigenvalue weighted by Crippen LogP contribution is 2.13. The van der Waals surface area contributed by atoms with Crippen molar-refractivity contribution in [3.63, 3.8) is 0 Å². The zero-order valence-corrected chi connectivity index (χ0v) is 6.76. The summed E-state index contributed by atoms with van der Waals surface area (Å²) in [7, 11) is 0. The molecule has 0 aromatic heterocycles. The molecule has 12 heavy (non-hydrogen) atoms. The number of nitrogens with zero attached hydrogens (tertiary/aromatic N) is 1. The fourth-order valence-electron chi connectivity index (χ4n) is 0.974. The van der Waals surface area contributed by atoms with Crippen molar-refractivity contribution < 1.29 is 0 Å². The zero-order valence-electron chi connectivity index (χ0n) is 6.76. The lowest BCUT2D eigenvalue weighted by Gasteiger charge is -2.02. The van der Waals surface area contributed by atoms with E-state index in [4.69, 9.17) is 16.4 Å². The fraction of sp³-hybridized carbons (Fsp3) is 0.111. The lowest BCUT2D eigenvalue weighted by Crippen LogP contribution is -1.99. The van der Waals surface area contributed by atoms with Crippen molar-refractivity contribution in [2.45, 2.75) is 6.92 Å². The van der Waals surface area contributed by atoms with Crippen molar-refractivity contribution in [2.24, 2.45) is 0 Å². The first-order chi connectivity index (χ1) is 5.65. The summed E-state index contributed by atoms with van der Waals surface area (Å²) in [5.74, 6) is 0. The van der Waals surface area contributed by atoms with Crippen LogP contribution < -0.4 is 5.73 Å². The van der Waals surface area contributed by atoms with Crippen LogP contribution in [0, 0.1) is 16.7 Å². The molecule has 0 heterocycles. The molecule has 0 saturated carbocycles. The number of nitrogen functional groups attached to an aromatic ring is 1. The molecule has 3 heteroatoms. The third-order valence-electron chi connectivity index (χ3n) is 1.58. The van der Waals surface area contributed by atoms with Gasteiger partial charge in [-0.1, -0.05) is 0 Å². The Labute approximate surface area is 70.9 Å². The number of anilines is 1. The molecule has 0 fully saturated rings. The molecular formula is C9H9N3. The first kappa shape index (κ1) is 8.28. The van der Waals surface area contributed by atoms with Gasteiger partial charge in [-0.2, -0.15) is 5.26 Å². The summed E-state index contributed by atoms with van der Waals surface area (Å²) in [4.78, 5) is 0. The van der Waals surface area contributed by atoms with E-state index in [9.17, 15) is 0 Å². The quantitative estimate of drug-likeness (QED) is 0.481. The minimum absolute atomic E-state index is 0.414. The van der Waals surface area contributed by atoms with Crippen LogP contribution in [-0.2, 0) is 0 Å². The molecular weight excluding hydrogens is 150 g/mol. The van der Waals surface area contributed by atoms with Crippen molar-refractivity contribution >= 4 is 11.4 Å². The monoisotopic (exact) mass is 159 g/mol. The fourth-order valence-corrected chi connectivity index (χ4v) is 0.974. The highest BCUT2D eigenvalue weighted by Gasteiger charge is 2.01. The minimum atomic E-state index is 0.414. The maximum absolute atomic E-state index is 8.53. The van der Waals surface area contributed by atoms with E-state index in [0.29, 0.717) is 22.5 Å². The minimum Gasteiger partial charge on any atom is -0.398 e. The number of benzene rings is 1. The highest BCUT2D eigenvalue weighted by atomic mass is 14.6. The summed E-state index contributed by atoms with van der Waals surface area (Å²) in [5, 5.41) is 15.9. The second kappa shape index (κ2) is 3.05. The molecule has 1 rings (SSSR count). The van der Waals surface area contributed by atoms with Crippen LogP contribution >= 0.6 is 0 Å². The van der Waals surface area contributed by atoms with Gasteiger partial charge in [0.25, 0.3) is 0 Å². The largest absolute Gasteiger partial charge is 0.398 e. The summed E-state index contributed by atoms with van der Waals surface area (Å²) in [6, 6.07) is 6.91. The molecule has 0 amide bonds. The van der Waals surface area contributed by atoms with Gasteiger partial charge in [0.2, 0.25) is 0 Å². The van der Waals surface area contributed by atoms with E-state index in [0.717, 1.165) is 0 Å². The van der Waals surface area contributed by atoms with E-state index >= 15 is 0 Å². The Kier molecular flexibility index (Phi) is 2.11. The molecule has 0 radical (unpaired) electrons. The maximum atomic E-state index is 8.53. The second-order valence-electron chi connectivity index (χ2n) is 2.54. The number of hydrogen-bond acceptors (Lipinski definition) is 3. The molecule has 0 aliphatic carbocycles. The van der Waals surface area contributed by atoms with Crippen molar-refractivity contribution in [3.8, 4) is 6.07 Å². The SMILES string of the molecule is CC(=N)c1ccc(C#N)cc1N. The molecule has 0 saturated heterocycles. The molecule has 0 atom stereocenters. The predicted molar refractivity (Wildman–Crippen MR) is 48.1 cm³/mol. The maximum Gasteiger partial charge on any atom is 0.0992 e. The number of rotatable bonds is 1. The molecule has 0 spiro atoms. The molecule has 60 valence electrons. The van der Waals surface area contributed by atoms with Gasteiger partial charge in [0.05, 0.1) is 11.6 Å². The molecule has 0 aliphatic heterocycles. The van der Waals surface area contributed by atoms with Gasteiger partial charge in [-0.15, -0.1) is 0 Å². The van der Waals surface area contributed by atoms with Crippen molar-refractivity contribution in [1.29, 1.82) is 10.7 Å². The van der Waals surface area contributed by atoms with Gasteiger partial charge < -0.3 is 11.1 Å². The summed E-state index contributed by atoms with van der Waals surface area (Å²) in [5.41, 5.74) is 7.72. The summed E-state index contributed by atoms with van der Waals surface area (Å²) < 4.78 is 0. The zero-order chi connectivity index (χ0) is 9.14. The Morgan fingerprint density at radius 3 is 2.67 bits per heavy atom. The molecule has 0 bridgehead atoms. The number of hydrogen-bond donors (Lipinski definition) is 2. The summed E-state index contributed by atoms with van der Waals surface area (Å²) >= 11 is 0. The molecule has 1 aromatic rings. The number of nitrogens with two attached hydrogens (primary N) is 1. The first-order valence-electron chi connectivity index (χ1n) is 3.50. The van der Waals surface area contributed by atoms with E-state index in [1.54, 1.807) is 25.1 Å². The van der Waals surface area contributed by atoms with E-state index in [-0.39, 0.29) is 0 Å².